The van der Waals surface area contributed by atoms with Gasteiger partial charge in [0.15, 0.2) is 5.75 Å². The van der Waals surface area contributed by atoms with Crippen LogP contribution in [0.4, 0.5) is 27.1 Å². The fourth-order valence-electron chi connectivity index (χ4n) is 4.78. The number of carbonyl (C=O) groups excluding carboxylic acids is 2. The van der Waals surface area contributed by atoms with E-state index in [4.69, 9.17) is 16.3 Å². The van der Waals surface area contributed by atoms with Gasteiger partial charge in [-0.05, 0) is 37.1 Å². The van der Waals surface area contributed by atoms with Crippen molar-refractivity contribution in [2.75, 3.05) is 37.4 Å². The van der Waals surface area contributed by atoms with Crippen LogP contribution >= 0.6 is 11.6 Å². The van der Waals surface area contributed by atoms with Crippen molar-refractivity contribution < 1.29 is 18.7 Å². The van der Waals surface area contributed by atoms with Gasteiger partial charge in [-0.3, -0.25) is 19.2 Å². The predicted molar refractivity (Wildman–Crippen MR) is 133 cm³/mol. The zero-order valence-electron chi connectivity index (χ0n) is 19.3. The third-order valence-electron chi connectivity index (χ3n) is 6.57. The third-order valence-corrected chi connectivity index (χ3v) is 6.96. The maximum atomic E-state index is 13.8. The van der Waals surface area contributed by atoms with E-state index in [-0.39, 0.29) is 63.5 Å². The van der Waals surface area contributed by atoms with Gasteiger partial charge in [-0.15, -0.1) is 0 Å². The summed E-state index contributed by atoms with van der Waals surface area (Å²) < 4.78 is 19.3. The SMILES string of the molecule is COc1c(Nc2c(Nc3cccc(F)c3Cl)c(=O)c2=O)cccc1C(=O)N1CC(=O)N2CCCC2C1. The number of methoxy groups -OCH3 is 1. The van der Waals surface area contributed by atoms with Crippen LogP contribution in [0.2, 0.25) is 5.02 Å². The smallest absolute Gasteiger partial charge is 0.258 e. The van der Waals surface area contributed by atoms with Gasteiger partial charge in [0, 0.05) is 19.1 Å². The lowest BCUT2D eigenvalue weighted by atomic mass is 10.1. The highest BCUT2D eigenvalue weighted by atomic mass is 35.5. The Balaban J connectivity index is 1.42. The summed E-state index contributed by atoms with van der Waals surface area (Å²) in [6.07, 6.45) is 1.77. The second-order valence-electron chi connectivity index (χ2n) is 8.71. The number of nitrogens with one attached hydrogen (secondary N) is 2. The van der Waals surface area contributed by atoms with Gasteiger partial charge in [0.25, 0.3) is 16.8 Å². The summed E-state index contributed by atoms with van der Waals surface area (Å²) >= 11 is 5.97. The summed E-state index contributed by atoms with van der Waals surface area (Å²) in [6.45, 7) is 1.13. The first kappa shape index (κ1) is 23.8. The van der Waals surface area contributed by atoms with E-state index >= 15 is 0 Å². The van der Waals surface area contributed by atoms with Crippen LogP contribution in [0.3, 0.4) is 0 Å². The molecule has 1 unspecified atom stereocenters. The number of anilines is 4. The summed E-state index contributed by atoms with van der Waals surface area (Å²) in [5.74, 6) is -0.975. The molecule has 186 valence electrons. The standard InChI is InChI=1S/C25H22ClFN4O5/c1-36-24-14(25(35)30-11-13-5-4-10-31(13)18(32)12-30)6-2-9-17(24)29-21-20(22(33)23(21)34)28-16-8-3-7-15(27)19(16)26/h2-3,6-9,13,28-29H,4-5,10-12H2,1H3. The molecule has 3 aromatic rings. The van der Waals surface area contributed by atoms with Crippen molar-refractivity contribution in [3.63, 3.8) is 0 Å². The molecule has 2 N–H and O–H groups in total. The van der Waals surface area contributed by atoms with E-state index in [1.54, 1.807) is 18.2 Å². The average Bonchev–Trinajstić information content (AvgIpc) is 3.37. The van der Waals surface area contributed by atoms with Crippen LogP contribution in [-0.4, -0.2) is 54.4 Å². The normalized spacial score (nSPS) is 17.3. The molecule has 9 nitrogen and oxygen atoms in total. The van der Waals surface area contributed by atoms with Crippen LogP contribution in [0, 0.1) is 5.82 Å². The lowest BCUT2D eigenvalue weighted by molar-refractivity contribution is -0.136. The summed E-state index contributed by atoms with van der Waals surface area (Å²) in [5, 5.41) is 5.35. The quantitative estimate of drug-likeness (QED) is 0.489. The van der Waals surface area contributed by atoms with Crippen molar-refractivity contribution in [3.8, 4) is 5.75 Å². The highest BCUT2D eigenvalue weighted by molar-refractivity contribution is 6.33. The molecule has 2 aliphatic rings. The van der Waals surface area contributed by atoms with E-state index in [1.165, 1.54) is 30.2 Å². The van der Waals surface area contributed by atoms with Crippen molar-refractivity contribution in [2.24, 2.45) is 0 Å². The molecule has 2 fully saturated rings. The second-order valence-corrected chi connectivity index (χ2v) is 9.09. The summed E-state index contributed by atoms with van der Waals surface area (Å²) in [6, 6.07) is 8.83. The number of piperazine rings is 1. The number of amides is 2. The molecule has 3 aromatic carbocycles. The predicted octanol–water partition coefficient (Wildman–Crippen LogP) is 3.02. The van der Waals surface area contributed by atoms with E-state index in [9.17, 15) is 23.6 Å². The first-order valence-electron chi connectivity index (χ1n) is 11.4. The lowest BCUT2D eigenvalue weighted by Gasteiger charge is -2.37. The van der Waals surface area contributed by atoms with Crippen LogP contribution in [-0.2, 0) is 4.79 Å². The van der Waals surface area contributed by atoms with Gasteiger partial charge in [-0.25, -0.2) is 4.39 Å². The van der Waals surface area contributed by atoms with Gasteiger partial charge < -0.3 is 25.2 Å². The Labute approximate surface area is 210 Å². The minimum atomic E-state index is -0.794. The fraction of sp³-hybridized carbons (Fsp3) is 0.280. The molecule has 0 aromatic heterocycles. The van der Waals surface area contributed by atoms with E-state index in [1.807, 2.05) is 4.90 Å². The van der Waals surface area contributed by atoms with Crippen molar-refractivity contribution in [1.82, 2.24) is 9.80 Å². The average molecular weight is 513 g/mol. The van der Waals surface area contributed by atoms with Crippen LogP contribution in [0.25, 0.3) is 0 Å². The van der Waals surface area contributed by atoms with Gasteiger partial charge in [0.2, 0.25) is 5.91 Å². The minimum absolute atomic E-state index is 0.00884. The number of hydrogen-bond acceptors (Lipinski definition) is 7. The molecular formula is C25H22ClFN4O5. The van der Waals surface area contributed by atoms with Crippen molar-refractivity contribution in [1.29, 1.82) is 0 Å². The van der Waals surface area contributed by atoms with Crippen molar-refractivity contribution >= 4 is 46.2 Å². The third kappa shape index (κ3) is 3.97. The highest BCUT2D eigenvalue weighted by Crippen LogP contribution is 2.35. The first-order chi connectivity index (χ1) is 17.3. The molecule has 2 amide bonds. The van der Waals surface area contributed by atoms with E-state index in [0.717, 1.165) is 12.8 Å². The minimum Gasteiger partial charge on any atom is -0.494 e. The second kappa shape index (κ2) is 9.27. The van der Waals surface area contributed by atoms with Crippen LogP contribution in [0.1, 0.15) is 23.2 Å². The Kier molecular flexibility index (Phi) is 6.13. The molecule has 0 bridgehead atoms. The Morgan fingerprint density at radius 1 is 1.06 bits per heavy atom. The van der Waals surface area contributed by atoms with Gasteiger partial charge >= 0.3 is 0 Å². The number of para-hydroxylation sites is 1. The fourth-order valence-corrected chi connectivity index (χ4v) is 4.95. The van der Waals surface area contributed by atoms with Crippen LogP contribution in [0.5, 0.6) is 5.75 Å². The number of hydrogen-bond donors (Lipinski definition) is 2. The van der Waals surface area contributed by atoms with Gasteiger partial charge in [0.1, 0.15) is 23.7 Å². The van der Waals surface area contributed by atoms with Gasteiger partial charge in [-0.2, -0.15) is 0 Å². The molecule has 0 saturated carbocycles. The maximum absolute atomic E-state index is 13.8. The summed E-state index contributed by atoms with van der Waals surface area (Å²) in [7, 11) is 1.38. The molecule has 1 atom stereocenters. The molecule has 36 heavy (non-hydrogen) atoms. The Morgan fingerprint density at radius 2 is 1.72 bits per heavy atom. The van der Waals surface area contributed by atoms with Gasteiger partial charge in [-0.1, -0.05) is 23.7 Å². The van der Waals surface area contributed by atoms with E-state index in [2.05, 4.69) is 10.6 Å². The van der Waals surface area contributed by atoms with Gasteiger partial charge in [0.05, 0.1) is 29.1 Å². The summed E-state index contributed by atoms with van der Waals surface area (Å²) in [5.41, 5.74) is -1.13. The molecule has 0 radical (unpaired) electrons. The maximum Gasteiger partial charge on any atom is 0.258 e. The number of benzene rings is 2. The number of rotatable bonds is 6. The van der Waals surface area contributed by atoms with E-state index < -0.39 is 16.7 Å². The Bertz CT molecular complexity index is 1450. The van der Waals surface area contributed by atoms with Crippen LogP contribution in [0.15, 0.2) is 46.0 Å². The molecule has 0 aliphatic carbocycles. The van der Waals surface area contributed by atoms with E-state index in [0.29, 0.717) is 13.1 Å². The number of ether oxygens (including phenoxy) is 1. The van der Waals surface area contributed by atoms with Crippen molar-refractivity contribution in [2.45, 2.75) is 18.9 Å². The zero-order chi connectivity index (χ0) is 25.6. The highest BCUT2D eigenvalue weighted by Gasteiger charge is 2.38. The molecule has 11 heteroatoms. The molecule has 2 saturated heterocycles. The topological polar surface area (TPSA) is 108 Å². The molecular weight excluding hydrogens is 491 g/mol. The molecule has 5 rings (SSSR count). The molecule has 2 heterocycles. The molecule has 2 aliphatic heterocycles. The first-order valence-corrected chi connectivity index (χ1v) is 11.7. The Hall–Kier alpha value is -3.92. The number of halogens is 2. The number of nitrogens with zero attached hydrogens (tertiary/aromatic N) is 2. The molecule has 0 spiro atoms. The zero-order valence-corrected chi connectivity index (χ0v) is 20.0. The monoisotopic (exact) mass is 512 g/mol. The Morgan fingerprint density at radius 3 is 2.44 bits per heavy atom. The van der Waals surface area contributed by atoms with Crippen molar-refractivity contribution in [3.05, 3.63) is 73.2 Å². The number of fused-ring (bicyclic) bond motifs is 1. The largest absolute Gasteiger partial charge is 0.494 e. The van der Waals surface area contributed by atoms with Crippen LogP contribution < -0.4 is 26.2 Å². The number of carbonyl (C=O) groups is 2. The lowest BCUT2D eigenvalue weighted by Crippen LogP contribution is -2.55. The summed E-state index contributed by atoms with van der Waals surface area (Å²) in [4.78, 5) is 53.8.